The van der Waals surface area contributed by atoms with Gasteiger partial charge in [0.15, 0.2) is 11.2 Å². The fourth-order valence-corrected chi connectivity index (χ4v) is 1.00. The molecule has 1 amide bonds. The number of amides is 1. The molecule has 0 spiro atoms. The highest BCUT2D eigenvalue weighted by Crippen LogP contribution is 1.95. The average Bonchev–Trinajstić information content (AvgIpc) is 2.23. The Hall–Kier alpha value is -2.31. The van der Waals surface area contributed by atoms with Crippen LogP contribution in [0.15, 0.2) is 23.5 Å². The normalized spacial score (nSPS) is 10.0. The number of aromatic nitrogens is 4. The highest BCUT2D eigenvalue weighted by atomic mass is 16.2. The minimum absolute atomic E-state index is 0.115. The summed E-state index contributed by atoms with van der Waals surface area (Å²) < 4.78 is 0.935. The molecule has 0 radical (unpaired) electrons. The van der Waals surface area contributed by atoms with Gasteiger partial charge in [-0.25, -0.2) is 19.6 Å². The summed E-state index contributed by atoms with van der Waals surface area (Å²) in [6.07, 6.45) is 4.38. The monoisotopic (exact) mass is 191 g/mol. The van der Waals surface area contributed by atoms with E-state index in [-0.39, 0.29) is 11.2 Å². The Kier molecular flexibility index (Phi) is 1.90. The number of hydrogen-bond acceptors (Lipinski definition) is 5. The van der Waals surface area contributed by atoms with Crippen LogP contribution in [0, 0.1) is 0 Å². The summed E-state index contributed by atoms with van der Waals surface area (Å²) in [4.78, 5) is 33.1. The Bertz CT molecular complexity index is 535. The van der Waals surface area contributed by atoms with Crippen LogP contribution in [0.4, 0.5) is 0 Å². The molecule has 0 fully saturated rings. The molecule has 0 bridgehead atoms. The van der Waals surface area contributed by atoms with E-state index >= 15 is 0 Å². The number of carbonyl (C=O) groups excluding carboxylic acids is 1. The van der Waals surface area contributed by atoms with Gasteiger partial charge in [-0.1, -0.05) is 0 Å². The second kappa shape index (κ2) is 3.21. The van der Waals surface area contributed by atoms with Gasteiger partial charge in [0.2, 0.25) is 6.41 Å². The Labute approximate surface area is 77.4 Å². The number of rotatable bonds is 2. The predicted molar refractivity (Wildman–Crippen MR) is 47.0 cm³/mol. The molecular formula is C7H5N5O2. The van der Waals surface area contributed by atoms with E-state index in [0.29, 0.717) is 6.41 Å². The van der Waals surface area contributed by atoms with Gasteiger partial charge >= 0.3 is 0 Å². The summed E-state index contributed by atoms with van der Waals surface area (Å²) in [5.74, 6) is 0. The van der Waals surface area contributed by atoms with Crippen LogP contribution >= 0.6 is 0 Å². The summed E-state index contributed by atoms with van der Waals surface area (Å²) >= 11 is 0. The summed E-state index contributed by atoms with van der Waals surface area (Å²) in [5, 5.41) is 0. The molecule has 2 rings (SSSR count). The van der Waals surface area contributed by atoms with Crippen LogP contribution < -0.4 is 11.0 Å². The molecule has 0 aliphatic heterocycles. The lowest BCUT2D eigenvalue weighted by Gasteiger charge is -2.01. The summed E-state index contributed by atoms with van der Waals surface area (Å²) in [5.41, 5.74) is 2.06. The lowest BCUT2D eigenvalue weighted by molar-refractivity contribution is -0.106. The molecule has 0 saturated carbocycles. The fourth-order valence-electron chi connectivity index (χ4n) is 1.00. The van der Waals surface area contributed by atoms with Crippen molar-refractivity contribution >= 4 is 17.6 Å². The molecular weight excluding hydrogens is 186 g/mol. The van der Waals surface area contributed by atoms with Crippen LogP contribution in [0.3, 0.4) is 0 Å². The van der Waals surface area contributed by atoms with Crippen molar-refractivity contribution in [3.8, 4) is 0 Å². The lowest BCUT2D eigenvalue weighted by Crippen LogP contribution is -2.28. The second-order valence-corrected chi connectivity index (χ2v) is 2.40. The minimum Gasteiger partial charge on any atom is -0.277 e. The minimum atomic E-state index is -0.463. The molecule has 0 aromatic carbocycles. The van der Waals surface area contributed by atoms with Crippen LogP contribution in [-0.2, 0) is 4.79 Å². The van der Waals surface area contributed by atoms with Gasteiger partial charge in [0, 0.05) is 12.4 Å². The van der Waals surface area contributed by atoms with Crippen molar-refractivity contribution < 1.29 is 4.79 Å². The Balaban J connectivity index is 2.75. The molecule has 2 aromatic heterocycles. The summed E-state index contributed by atoms with van der Waals surface area (Å²) in [6.45, 7) is 0. The van der Waals surface area contributed by atoms with E-state index in [9.17, 15) is 9.59 Å². The highest BCUT2D eigenvalue weighted by Gasteiger charge is 2.03. The van der Waals surface area contributed by atoms with Gasteiger partial charge in [-0.15, -0.1) is 0 Å². The number of nitrogens with zero attached hydrogens (tertiary/aromatic N) is 4. The number of carbonyl (C=O) groups is 1. The van der Waals surface area contributed by atoms with Gasteiger partial charge in [0.05, 0.1) is 0 Å². The molecule has 2 heterocycles. The first-order valence-electron chi connectivity index (χ1n) is 3.71. The Morgan fingerprint density at radius 2 is 2.07 bits per heavy atom. The van der Waals surface area contributed by atoms with E-state index in [4.69, 9.17) is 0 Å². The van der Waals surface area contributed by atoms with Gasteiger partial charge in [-0.05, 0) is 0 Å². The molecule has 7 heteroatoms. The molecule has 14 heavy (non-hydrogen) atoms. The van der Waals surface area contributed by atoms with Crippen LogP contribution in [-0.4, -0.2) is 26.0 Å². The molecule has 0 atom stereocenters. The number of nitrogens with one attached hydrogen (secondary N) is 1. The molecule has 0 aliphatic rings. The third-order valence-corrected chi connectivity index (χ3v) is 1.59. The van der Waals surface area contributed by atoms with Crippen molar-refractivity contribution in [1.82, 2.24) is 19.6 Å². The van der Waals surface area contributed by atoms with Crippen molar-refractivity contribution in [1.29, 1.82) is 0 Å². The third-order valence-electron chi connectivity index (χ3n) is 1.59. The smallest absolute Gasteiger partial charge is 0.277 e. The maximum atomic E-state index is 11.5. The molecule has 7 nitrogen and oxygen atoms in total. The lowest BCUT2D eigenvalue weighted by atomic mass is 10.5. The molecule has 1 N–H and O–H groups in total. The Morgan fingerprint density at radius 3 is 2.86 bits per heavy atom. The SMILES string of the molecule is O=CNn1cnc2nccnc2c1=O. The first kappa shape index (κ1) is 8.30. The second-order valence-electron chi connectivity index (χ2n) is 2.40. The first-order chi connectivity index (χ1) is 6.83. The van der Waals surface area contributed by atoms with Crippen molar-refractivity contribution in [2.75, 3.05) is 5.43 Å². The van der Waals surface area contributed by atoms with E-state index in [1.165, 1.54) is 18.7 Å². The van der Waals surface area contributed by atoms with E-state index in [1.807, 2.05) is 0 Å². The standard InChI is InChI=1S/C7H5N5O2/c13-4-11-12-3-10-6-5(7(12)14)8-1-2-9-6/h1-4H,(H,11,13). The van der Waals surface area contributed by atoms with E-state index in [0.717, 1.165) is 4.68 Å². The van der Waals surface area contributed by atoms with Crippen LogP contribution in [0.1, 0.15) is 0 Å². The molecule has 0 aliphatic carbocycles. The van der Waals surface area contributed by atoms with E-state index in [1.54, 1.807) is 0 Å². The molecule has 0 unspecified atom stereocenters. The van der Waals surface area contributed by atoms with E-state index in [2.05, 4.69) is 20.4 Å². The van der Waals surface area contributed by atoms with E-state index < -0.39 is 5.56 Å². The number of fused-ring (bicyclic) bond motifs is 1. The van der Waals surface area contributed by atoms with Crippen molar-refractivity contribution in [2.24, 2.45) is 0 Å². The molecule has 0 saturated heterocycles. The molecule has 70 valence electrons. The van der Waals surface area contributed by atoms with Gasteiger partial charge in [-0.2, -0.15) is 0 Å². The maximum Gasteiger partial charge on any atom is 0.300 e. The largest absolute Gasteiger partial charge is 0.300 e. The quantitative estimate of drug-likeness (QED) is 0.607. The average molecular weight is 191 g/mol. The third kappa shape index (κ3) is 1.20. The van der Waals surface area contributed by atoms with Gasteiger partial charge < -0.3 is 0 Å². The highest BCUT2D eigenvalue weighted by molar-refractivity contribution is 5.67. The van der Waals surface area contributed by atoms with Crippen molar-refractivity contribution in [2.45, 2.75) is 0 Å². The Morgan fingerprint density at radius 1 is 1.29 bits per heavy atom. The zero-order chi connectivity index (χ0) is 9.97. The topological polar surface area (TPSA) is 89.8 Å². The van der Waals surface area contributed by atoms with Crippen LogP contribution in [0.25, 0.3) is 11.2 Å². The van der Waals surface area contributed by atoms with Gasteiger partial charge in [0.25, 0.3) is 5.56 Å². The maximum absolute atomic E-state index is 11.5. The zero-order valence-corrected chi connectivity index (χ0v) is 6.91. The van der Waals surface area contributed by atoms with Gasteiger partial charge in [-0.3, -0.25) is 15.0 Å². The summed E-state index contributed by atoms with van der Waals surface area (Å²) in [6, 6.07) is 0. The van der Waals surface area contributed by atoms with Crippen LogP contribution in [0.5, 0.6) is 0 Å². The first-order valence-corrected chi connectivity index (χ1v) is 3.71. The van der Waals surface area contributed by atoms with Crippen molar-refractivity contribution in [3.05, 3.63) is 29.1 Å². The van der Waals surface area contributed by atoms with Gasteiger partial charge in [0.1, 0.15) is 6.33 Å². The predicted octanol–water partition coefficient (Wildman–Crippen LogP) is -1.11. The van der Waals surface area contributed by atoms with Crippen LogP contribution in [0.2, 0.25) is 0 Å². The molecule has 2 aromatic rings. The number of hydrogen-bond donors (Lipinski definition) is 1. The van der Waals surface area contributed by atoms with Crippen molar-refractivity contribution in [3.63, 3.8) is 0 Å². The summed E-state index contributed by atoms with van der Waals surface area (Å²) in [7, 11) is 0. The fraction of sp³-hybridized carbons (Fsp3) is 0. The zero-order valence-electron chi connectivity index (χ0n) is 6.91.